The van der Waals surface area contributed by atoms with Crippen molar-refractivity contribution in [2.75, 3.05) is 0 Å². The fourth-order valence-corrected chi connectivity index (χ4v) is 3.13. The molecule has 0 saturated carbocycles. The summed E-state index contributed by atoms with van der Waals surface area (Å²) in [5.41, 5.74) is 5.31. The molecule has 0 amide bonds. The van der Waals surface area contributed by atoms with Crippen LogP contribution in [-0.2, 0) is 0 Å². The van der Waals surface area contributed by atoms with Gasteiger partial charge in [0.25, 0.3) is 0 Å². The Morgan fingerprint density at radius 2 is 1.54 bits per heavy atom. The number of benzene rings is 3. The van der Waals surface area contributed by atoms with Crippen LogP contribution in [0.5, 0.6) is 5.88 Å². The quantitative estimate of drug-likeness (QED) is 0.455. The summed E-state index contributed by atoms with van der Waals surface area (Å²) in [5, 5.41) is 4.73. The van der Waals surface area contributed by atoms with E-state index < -0.39 is 5.97 Å². The van der Waals surface area contributed by atoms with Gasteiger partial charge in [-0.25, -0.2) is 4.79 Å². The van der Waals surface area contributed by atoms with Crippen molar-refractivity contribution in [3.8, 4) is 22.8 Å². The smallest absolute Gasteiger partial charge is 0.344 e. The van der Waals surface area contributed by atoms with Crippen molar-refractivity contribution >= 4 is 5.97 Å². The molecule has 28 heavy (non-hydrogen) atoms. The molecule has 1 aromatic heterocycles. The van der Waals surface area contributed by atoms with Crippen molar-refractivity contribution in [3.63, 3.8) is 0 Å². The minimum Gasteiger partial charge on any atom is -0.404 e. The van der Waals surface area contributed by atoms with Gasteiger partial charge in [-0.2, -0.15) is 9.78 Å². The lowest BCUT2D eigenvalue weighted by Gasteiger charge is -2.11. The Morgan fingerprint density at radius 3 is 2.21 bits per heavy atom. The van der Waals surface area contributed by atoms with Crippen molar-refractivity contribution in [2.24, 2.45) is 0 Å². The maximum atomic E-state index is 12.6. The number of carbonyl (C=O) groups is 1. The molecule has 0 unspecified atom stereocenters. The number of esters is 1. The van der Waals surface area contributed by atoms with Gasteiger partial charge in [0, 0.05) is 11.6 Å². The first kappa shape index (κ1) is 17.7. The van der Waals surface area contributed by atoms with Gasteiger partial charge in [-0.05, 0) is 37.6 Å². The fraction of sp³-hybridized carbons (Fsp3) is 0.0833. The number of aromatic nitrogens is 2. The molecule has 0 fully saturated rings. The molecule has 4 heteroatoms. The molecule has 138 valence electrons. The Hall–Kier alpha value is -3.66. The minimum absolute atomic E-state index is 0.389. The largest absolute Gasteiger partial charge is 0.404 e. The SMILES string of the molecule is Cc1ccc(-n2nc(-c3ccccc3)cc2OC(=O)c2ccccc2)c(C)c1. The minimum atomic E-state index is -0.411. The lowest BCUT2D eigenvalue weighted by molar-refractivity contribution is 0.0723. The molecule has 1 heterocycles. The summed E-state index contributed by atoms with van der Waals surface area (Å²) in [5.74, 6) is -0.0224. The summed E-state index contributed by atoms with van der Waals surface area (Å²) in [6, 6.07) is 26.7. The first-order valence-corrected chi connectivity index (χ1v) is 9.12. The molecule has 0 saturated heterocycles. The number of aryl methyl sites for hydroxylation is 2. The third-order valence-corrected chi connectivity index (χ3v) is 4.53. The van der Waals surface area contributed by atoms with Crippen LogP contribution in [0.2, 0.25) is 0 Å². The van der Waals surface area contributed by atoms with E-state index >= 15 is 0 Å². The molecule has 0 aliphatic rings. The van der Waals surface area contributed by atoms with E-state index in [4.69, 9.17) is 9.84 Å². The van der Waals surface area contributed by atoms with Crippen LogP contribution < -0.4 is 4.74 Å². The Bertz CT molecular complexity index is 1120. The van der Waals surface area contributed by atoms with Crippen LogP contribution in [0.4, 0.5) is 0 Å². The monoisotopic (exact) mass is 368 g/mol. The zero-order valence-electron chi connectivity index (χ0n) is 15.8. The van der Waals surface area contributed by atoms with Gasteiger partial charge in [0.15, 0.2) is 0 Å². The molecule has 3 aromatic carbocycles. The summed E-state index contributed by atoms with van der Waals surface area (Å²) in [7, 11) is 0. The third kappa shape index (κ3) is 3.58. The number of nitrogens with zero attached hydrogens (tertiary/aromatic N) is 2. The van der Waals surface area contributed by atoms with Crippen LogP contribution >= 0.6 is 0 Å². The highest BCUT2D eigenvalue weighted by Crippen LogP contribution is 2.28. The first-order chi connectivity index (χ1) is 13.6. The summed E-state index contributed by atoms with van der Waals surface area (Å²) in [6.45, 7) is 4.07. The van der Waals surface area contributed by atoms with E-state index in [2.05, 4.69) is 6.07 Å². The molecule has 4 rings (SSSR count). The second-order valence-electron chi connectivity index (χ2n) is 6.69. The fourth-order valence-electron chi connectivity index (χ4n) is 3.13. The van der Waals surface area contributed by atoms with E-state index in [0.29, 0.717) is 11.4 Å². The second-order valence-corrected chi connectivity index (χ2v) is 6.69. The number of rotatable bonds is 4. The Balaban J connectivity index is 1.79. The molecule has 0 aliphatic heterocycles. The van der Waals surface area contributed by atoms with Crippen molar-refractivity contribution < 1.29 is 9.53 Å². The number of ether oxygens (including phenoxy) is 1. The maximum absolute atomic E-state index is 12.6. The lowest BCUT2D eigenvalue weighted by atomic mass is 10.1. The molecule has 0 radical (unpaired) electrons. The van der Waals surface area contributed by atoms with Gasteiger partial charge >= 0.3 is 5.97 Å². The molecule has 0 atom stereocenters. The van der Waals surface area contributed by atoms with Crippen LogP contribution in [0.15, 0.2) is 84.9 Å². The molecule has 0 N–H and O–H groups in total. The van der Waals surface area contributed by atoms with Crippen molar-refractivity contribution in [1.82, 2.24) is 9.78 Å². The van der Waals surface area contributed by atoms with E-state index in [9.17, 15) is 4.79 Å². The van der Waals surface area contributed by atoms with E-state index in [1.165, 1.54) is 5.56 Å². The highest BCUT2D eigenvalue weighted by Gasteiger charge is 2.18. The molecule has 0 aliphatic carbocycles. The normalized spacial score (nSPS) is 10.6. The second kappa shape index (κ2) is 7.53. The summed E-state index contributed by atoms with van der Waals surface area (Å²) < 4.78 is 7.43. The zero-order valence-corrected chi connectivity index (χ0v) is 15.8. The van der Waals surface area contributed by atoms with Crippen LogP contribution in [0.3, 0.4) is 0 Å². The Kier molecular flexibility index (Phi) is 4.77. The van der Waals surface area contributed by atoms with Gasteiger partial charge in [-0.1, -0.05) is 66.2 Å². The van der Waals surface area contributed by atoms with Gasteiger partial charge in [0.1, 0.15) is 0 Å². The average molecular weight is 368 g/mol. The first-order valence-electron chi connectivity index (χ1n) is 9.12. The summed E-state index contributed by atoms with van der Waals surface area (Å²) in [6.07, 6.45) is 0. The van der Waals surface area contributed by atoms with Crippen LogP contribution in [0.1, 0.15) is 21.5 Å². The van der Waals surface area contributed by atoms with E-state index in [-0.39, 0.29) is 0 Å². The van der Waals surface area contributed by atoms with Gasteiger partial charge in [-0.3, -0.25) is 0 Å². The van der Waals surface area contributed by atoms with Gasteiger partial charge in [-0.15, -0.1) is 0 Å². The van der Waals surface area contributed by atoms with Gasteiger partial charge in [0.2, 0.25) is 5.88 Å². The standard InChI is InChI=1S/C24H20N2O2/c1-17-13-14-22(18(2)15-17)26-23(28-24(27)20-11-7-4-8-12-20)16-21(25-26)19-9-5-3-6-10-19/h3-16H,1-2H3. The molecular formula is C24H20N2O2. The van der Waals surface area contributed by atoms with E-state index in [0.717, 1.165) is 22.5 Å². The van der Waals surface area contributed by atoms with Crippen LogP contribution in [-0.4, -0.2) is 15.7 Å². The molecule has 4 nitrogen and oxygen atoms in total. The zero-order chi connectivity index (χ0) is 19.5. The Labute approximate surface area is 164 Å². The van der Waals surface area contributed by atoms with Crippen LogP contribution in [0, 0.1) is 13.8 Å². The molecule has 0 spiro atoms. The van der Waals surface area contributed by atoms with Crippen molar-refractivity contribution in [3.05, 3.63) is 102 Å². The van der Waals surface area contributed by atoms with Crippen LogP contribution in [0.25, 0.3) is 16.9 Å². The highest BCUT2D eigenvalue weighted by molar-refractivity contribution is 5.91. The van der Waals surface area contributed by atoms with Gasteiger partial charge in [0.05, 0.1) is 16.9 Å². The summed E-state index contributed by atoms with van der Waals surface area (Å²) >= 11 is 0. The number of carbonyl (C=O) groups excluding carboxylic acids is 1. The predicted octanol–water partition coefficient (Wildman–Crippen LogP) is 5.38. The average Bonchev–Trinajstić information content (AvgIpc) is 3.13. The summed E-state index contributed by atoms with van der Waals surface area (Å²) in [4.78, 5) is 12.6. The topological polar surface area (TPSA) is 44.1 Å². The Morgan fingerprint density at radius 1 is 0.857 bits per heavy atom. The lowest BCUT2D eigenvalue weighted by Crippen LogP contribution is -2.12. The molecule has 4 aromatic rings. The predicted molar refractivity (Wildman–Crippen MR) is 110 cm³/mol. The molecule has 0 bridgehead atoms. The number of hydrogen-bond donors (Lipinski definition) is 0. The van der Waals surface area contributed by atoms with E-state index in [1.807, 2.05) is 74.5 Å². The highest BCUT2D eigenvalue weighted by atomic mass is 16.5. The maximum Gasteiger partial charge on any atom is 0.344 e. The third-order valence-electron chi connectivity index (χ3n) is 4.53. The van der Waals surface area contributed by atoms with E-state index in [1.54, 1.807) is 22.9 Å². The molecular weight excluding hydrogens is 348 g/mol. The number of hydrogen-bond acceptors (Lipinski definition) is 3. The van der Waals surface area contributed by atoms with Crippen molar-refractivity contribution in [1.29, 1.82) is 0 Å². The van der Waals surface area contributed by atoms with Crippen molar-refractivity contribution in [2.45, 2.75) is 13.8 Å². The van der Waals surface area contributed by atoms with Gasteiger partial charge < -0.3 is 4.74 Å².